The summed E-state index contributed by atoms with van der Waals surface area (Å²) < 4.78 is 23.5. The van der Waals surface area contributed by atoms with Crippen LogP contribution < -0.4 is 5.32 Å². The Hall–Kier alpha value is -1.63. The van der Waals surface area contributed by atoms with Crippen molar-refractivity contribution >= 4 is 21.2 Å². The summed E-state index contributed by atoms with van der Waals surface area (Å²) >= 11 is 0. The summed E-state index contributed by atoms with van der Waals surface area (Å²) in [4.78, 5) is 10.0. The van der Waals surface area contributed by atoms with Crippen molar-refractivity contribution < 1.29 is 13.3 Å². The fourth-order valence-electron chi connectivity index (χ4n) is 2.85. The minimum atomic E-state index is -3.65. The quantitative estimate of drug-likeness (QED) is 0.682. The van der Waals surface area contributed by atoms with Gasteiger partial charge >= 0.3 is 0 Å². The third-order valence-electron chi connectivity index (χ3n) is 4.15. The van der Waals surface area contributed by atoms with E-state index in [-0.39, 0.29) is 22.0 Å². The first kappa shape index (κ1) is 15.8. The molecule has 1 aliphatic rings. The second kappa shape index (κ2) is 5.29. The smallest absolute Gasteiger partial charge is 0.288 e. The molecule has 1 aliphatic carbocycles. The summed E-state index contributed by atoms with van der Waals surface area (Å²) in [6.07, 6.45) is 4.23. The van der Waals surface area contributed by atoms with E-state index in [2.05, 4.69) is 19.2 Å². The third-order valence-corrected chi connectivity index (χ3v) is 5.28. The molecule has 0 aromatic heterocycles. The van der Waals surface area contributed by atoms with Gasteiger partial charge in [-0.2, -0.15) is 0 Å². The monoisotopic (exact) mass is 312 g/mol. The molecule has 0 amide bonds. The molecule has 1 unspecified atom stereocenters. The SMILES string of the molecule is CC1(C)CCCC1Nc1ccc([N+](=O)[O-])c(S(C)(=O)=O)c1. The Labute approximate surface area is 124 Å². The van der Waals surface area contributed by atoms with Gasteiger partial charge in [-0.1, -0.05) is 20.3 Å². The second-order valence-electron chi connectivity index (χ2n) is 6.29. The Morgan fingerprint density at radius 2 is 2.05 bits per heavy atom. The van der Waals surface area contributed by atoms with Gasteiger partial charge in [0.15, 0.2) is 9.84 Å². The van der Waals surface area contributed by atoms with E-state index in [1.165, 1.54) is 12.1 Å². The molecule has 1 saturated carbocycles. The molecule has 0 heterocycles. The molecule has 1 fully saturated rings. The van der Waals surface area contributed by atoms with Gasteiger partial charge in [0, 0.05) is 24.1 Å². The van der Waals surface area contributed by atoms with Crippen LogP contribution in [-0.4, -0.2) is 25.6 Å². The van der Waals surface area contributed by atoms with Crippen molar-refractivity contribution in [2.24, 2.45) is 5.41 Å². The normalized spacial score (nSPS) is 21.2. The number of benzene rings is 1. The van der Waals surface area contributed by atoms with Crippen LogP contribution in [0, 0.1) is 15.5 Å². The highest BCUT2D eigenvalue weighted by Gasteiger charge is 2.34. The molecule has 116 valence electrons. The van der Waals surface area contributed by atoms with Crippen LogP contribution in [0.3, 0.4) is 0 Å². The Morgan fingerprint density at radius 3 is 2.52 bits per heavy atom. The Kier molecular flexibility index (Phi) is 3.97. The maximum atomic E-state index is 11.7. The summed E-state index contributed by atoms with van der Waals surface area (Å²) in [7, 11) is -3.65. The Morgan fingerprint density at radius 1 is 1.38 bits per heavy atom. The van der Waals surface area contributed by atoms with Crippen LogP contribution in [0.1, 0.15) is 33.1 Å². The predicted octanol–water partition coefficient (Wildman–Crippen LogP) is 2.99. The van der Waals surface area contributed by atoms with Crippen LogP contribution in [0.25, 0.3) is 0 Å². The van der Waals surface area contributed by atoms with Gasteiger partial charge in [-0.15, -0.1) is 0 Å². The number of hydrogen-bond donors (Lipinski definition) is 1. The Bertz CT molecular complexity index is 668. The van der Waals surface area contributed by atoms with Gasteiger partial charge in [-0.05, 0) is 30.4 Å². The lowest BCUT2D eigenvalue weighted by Gasteiger charge is -2.28. The predicted molar refractivity (Wildman–Crippen MR) is 81.2 cm³/mol. The molecular weight excluding hydrogens is 292 g/mol. The molecule has 2 rings (SSSR count). The maximum absolute atomic E-state index is 11.7. The summed E-state index contributed by atoms with van der Waals surface area (Å²) in [6.45, 7) is 4.33. The van der Waals surface area contributed by atoms with Crippen LogP contribution in [-0.2, 0) is 9.84 Å². The lowest BCUT2D eigenvalue weighted by molar-refractivity contribution is -0.387. The van der Waals surface area contributed by atoms with E-state index in [0.29, 0.717) is 5.69 Å². The van der Waals surface area contributed by atoms with Gasteiger partial charge in [0.25, 0.3) is 5.69 Å². The summed E-state index contributed by atoms with van der Waals surface area (Å²) in [5, 5.41) is 14.3. The Balaban J connectivity index is 2.37. The van der Waals surface area contributed by atoms with E-state index >= 15 is 0 Å². The van der Waals surface area contributed by atoms with Crippen molar-refractivity contribution in [3.8, 4) is 0 Å². The van der Waals surface area contributed by atoms with Crippen LogP contribution >= 0.6 is 0 Å². The molecule has 6 nitrogen and oxygen atoms in total. The molecule has 1 aromatic carbocycles. The summed E-state index contributed by atoms with van der Waals surface area (Å²) in [5.41, 5.74) is 0.363. The van der Waals surface area contributed by atoms with Crippen LogP contribution in [0.15, 0.2) is 23.1 Å². The number of nitrogens with one attached hydrogen (secondary N) is 1. The van der Waals surface area contributed by atoms with Gasteiger partial charge in [0.05, 0.1) is 4.92 Å². The molecule has 7 heteroatoms. The fourth-order valence-corrected chi connectivity index (χ4v) is 3.71. The first-order valence-electron chi connectivity index (χ1n) is 6.86. The molecule has 0 aliphatic heterocycles. The van der Waals surface area contributed by atoms with E-state index < -0.39 is 14.8 Å². The average Bonchev–Trinajstić information content (AvgIpc) is 2.67. The number of hydrogen-bond acceptors (Lipinski definition) is 5. The molecule has 1 atom stereocenters. The lowest BCUT2D eigenvalue weighted by Crippen LogP contribution is -2.30. The van der Waals surface area contributed by atoms with Crippen molar-refractivity contribution in [1.29, 1.82) is 0 Å². The van der Waals surface area contributed by atoms with Crippen molar-refractivity contribution in [1.82, 2.24) is 0 Å². The number of nitro groups is 1. The minimum Gasteiger partial charge on any atom is -0.382 e. The maximum Gasteiger partial charge on any atom is 0.288 e. The highest BCUT2D eigenvalue weighted by atomic mass is 32.2. The zero-order valence-electron chi connectivity index (χ0n) is 12.4. The lowest BCUT2D eigenvalue weighted by atomic mass is 9.87. The van der Waals surface area contributed by atoms with E-state index in [0.717, 1.165) is 25.5 Å². The van der Waals surface area contributed by atoms with E-state index in [4.69, 9.17) is 0 Å². The summed E-state index contributed by atoms with van der Waals surface area (Å²) in [5.74, 6) is 0. The molecule has 0 saturated heterocycles. The molecule has 0 bridgehead atoms. The minimum absolute atomic E-state index is 0.132. The highest BCUT2D eigenvalue weighted by Crippen LogP contribution is 2.39. The van der Waals surface area contributed by atoms with E-state index in [1.807, 2.05) is 0 Å². The van der Waals surface area contributed by atoms with Crippen molar-refractivity contribution in [3.05, 3.63) is 28.3 Å². The fraction of sp³-hybridized carbons (Fsp3) is 0.571. The highest BCUT2D eigenvalue weighted by molar-refractivity contribution is 7.90. The molecular formula is C14H20N2O4S. The van der Waals surface area contributed by atoms with Gasteiger partial charge in [0.2, 0.25) is 0 Å². The van der Waals surface area contributed by atoms with E-state index in [9.17, 15) is 18.5 Å². The second-order valence-corrected chi connectivity index (χ2v) is 8.27. The zero-order valence-corrected chi connectivity index (χ0v) is 13.2. The van der Waals surface area contributed by atoms with E-state index in [1.54, 1.807) is 6.07 Å². The largest absolute Gasteiger partial charge is 0.382 e. The number of rotatable bonds is 4. The zero-order chi connectivity index (χ0) is 15.8. The van der Waals surface area contributed by atoms with Gasteiger partial charge in [0.1, 0.15) is 4.90 Å². The number of anilines is 1. The molecule has 0 radical (unpaired) electrons. The van der Waals surface area contributed by atoms with Gasteiger partial charge in [-0.3, -0.25) is 10.1 Å². The topological polar surface area (TPSA) is 89.3 Å². The van der Waals surface area contributed by atoms with Crippen LogP contribution in [0.4, 0.5) is 11.4 Å². The molecule has 0 spiro atoms. The molecule has 21 heavy (non-hydrogen) atoms. The first-order valence-corrected chi connectivity index (χ1v) is 8.75. The third kappa shape index (κ3) is 3.34. The summed E-state index contributed by atoms with van der Waals surface area (Å²) in [6, 6.07) is 4.43. The van der Waals surface area contributed by atoms with Crippen molar-refractivity contribution in [2.75, 3.05) is 11.6 Å². The van der Waals surface area contributed by atoms with Gasteiger partial charge < -0.3 is 5.32 Å². The standard InChI is InChI=1S/C14H20N2O4S/c1-14(2)8-4-5-13(14)15-10-6-7-11(16(17)18)12(9-10)21(3,19)20/h6-7,9,13,15H,4-5,8H2,1-3H3. The number of nitro benzene ring substituents is 1. The van der Waals surface area contributed by atoms with Gasteiger partial charge in [-0.25, -0.2) is 8.42 Å². The number of nitrogens with zero attached hydrogens (tertiary/aromatic N) is 1. The van der Waals surface area contributed by atoms with Crippen molar-refractivity contribution in [3.63, 3.8) is 0 Å². The van der Waals surface area contributed by atoms with Crippen LogP contribution in [0.5, 0.6) is 0 Å². The van der Waals surface area contributed by atoms with Crippen molar-refractivity contribution in [2.45, 2.75) is 44.0 Å². The van der Waals surface area contributed by atoms with Crippen LogP contribution in [0.2, 0.25) is 0 Å². The molecule has 1 aromatic rings. The first-order chi connectivity index (χ1) is 9.61. The number of sulfone groups is 1. The molecule has 1 N–H and O–H groups in total. The average molecular weight is 312 g/mol.